The van der Waals surface area contributed by atoms with E-state index in [1.54, 1.807) is 26.8 Å². The van der Waals surface area contributed by atoms with Crippen LogP contribution in [-0.2, 0) is 33.3 Å². The molecule has 9 heteroatoms. The maximum Gasteiger partial charge on any atom is 0.308 e. The van der Waals surface area contributed by atoms with Crippen molar-refractivity contribution in [3.63, 3.8) is 0 Å². The summed E-state index contributed by atoms with van der Waals surface area (Å²) in [4.78, 5) is 36.7. The molecular weight excluding hydrogens is 560 g/mol. The van der Waals surface area contributed by atoms with Crippen LogP contribution in [0.25, 0.3) is 0 Å². The van der Waals surface area contributed by atoms with Crippen LogP contribution >= 0.6 is 0 Å². The first-order chi connectivity index (χ1) is 20.7. The summed E-state index contributed by atoms with van der Waals surface area (Å²) in [5.41, 5.74) is 1.16. The molecule has 1 spiro atoms. The number of allylic oxidation sites excluding steroid dienone is 1. The Balaban J connectivity index is 1.48. The Morgan fingerprint density at radius 2 is 1.80 bits per heavy atom. The molecule has 3 saturated heterocycles. The van der Waals surface area contributed by atoms with Crippen LogP contribution < -0.4 is 10.6 Å². The third-order valence-corrected chi connectivity index (χ3v) is 9.49. The quantitative estimate of drug-likeness (QED) is 0.118. The molecule has 0 aliphatic carbocycles. The number of ether oxygens (including phenoxy) is 4. The smallest absolute Gasteiger partial charge is 0.308 e. The minimum atomic E-state index is -0.466. The van der Waals surface area contributed by atoms with Gasteiger partial charge in [-0.25, -0.2) is 0 Å². The average Bonchev–Trinajstić information content (AvgIpc) is 3.73. The molecule has 3 aliphatic heterocycles. The standard InChI is InChI=1S/C35H58N2O7/c1-10-15-36-32(39)18-28-19-35(20-41-35)26(8)33(44-28)24(6)16-22(4)11-13-30-23(5)17-29(27(9)43-30)37-31(38)14-12-25(7)42-34(40)21(2)3/h11-12,14,21,23-30,33H,10,13,15-20H2,1-9H3,(H,36,39)(H,37,38)/b14-12-,22-11+/t23-,24?,25-,26?,27+,28+,29+,30-,33+,35+/m0/s1. The molecular formula is C35H58N2O7. The van der Waals surface area contributed by atoms with Gasteiger partial charge in [0.05, 0.1) is 55.0 Å². The van der Waals surface area contributed by atoms with Gasteiger partial charge >= 0.3 is 5.97 Å². The molecule has 2 N–H and O–H groups in total. The van der Waals surface area contributed by atoms with Crippen LogP contribution in [0.15, 0.2) is 23.8 Å². The molecule has 2 unspecified atom stereocenters. The zero-order chi connectivity index (χ0) is 32.6. The number of carbonyl (C=O) groups excluding carboxylic acids is 3. The molecule has 0 radical (unpaired) electrons. The molecule has 3 fully saturated rings. The maximum absolute atomic E-state index is 12.6. The number of hydrogen-bond acceptors (Lipinski definition) is 7. The van der Waals surface area contributed by atoms with Gasteiger partial charge in [-0.3, -0.25) is 14.4 Å². The zero-order valence-corrected chi connectivity index (χ0v) is 28.5. The van der Waals surface area contributed by atoms with Crippen LogP contribution in [0.5, 0.6) is 0 Å². The second kappa shape index (κ2) is 16.4. The Labute approximate surface area is 265 Å². The lowest BCUT2D eigenvalue weighted by atomic mass is 9.76. The Morgan fingerprint density at radius 1 is 1.09 bits per heavy atom. The Hall–Kier alpha value is -2.23. The normalized spacial score (nSPS) is 33.7. The highest BCUT2D eigenvalue weighted by molar-refractivity contribution is 5.87. The molecule has 44 heavy (non-hydrogen) atoms. The van der Waals surface area contributed by atoms with Gasteiger partial charge < -0.3 is 29.6 Å². The average molecular weight is 619 g/mol. The van der Waals surface area contributed by atoms with Gasteiger partial charge in [0, 0.05) is 25.0 Å². The predicted octanol–water partition coefficient (Wildman–Crippen LogP) is 5.27. The van der Waals surface area contributed by atoms with Crippen molar-refractivity contribution in [2.24, 2.45) is 23.7 Å². The van der Waals surface area contributed by atoms with E-state index >= 15 is 0 Å². The van der Waals surface area contributed by atoms with Crippen molar-refractivity contribution in [2.45, 2.75) is 143 Å². The van der Waals surface area contributed by atoms with E-state index in [2.05, 4.69) is 51.3 Å². The minimum absolute atomic E-state index is 0.0344. The van der Waals surface area contributed by atoms with E-state index in [1.165, 1.54) is 11.6 Å². The topological polar surface area (TPSA) is 115 Å². The zero-order valence-electron chi connectivity index (χ0n) is 28.5. The molecule has 0 saturated carbocycles. The highest BCUT2D eigenvalue weighted by atomic mass is 16.6. The van der Waals surface area contributed by atoms with Gasteiger partial charge in [-0.15, -0.1) is 0 Å². The van der Waals surface area contributed by atoms with E-state index in [-0.39, 0.29) is 77.5 Å². The fourth-order valence-electron chi connectivity index (χ4n) is 6.57. The second-order valence-corrected chi connectivity index (χ2v) is 14.0. The summed E-state index contributed by atoms with van der Waals surface area (Å²) in [5.74, 6) is 0.193. The van der Waals surface area contributed by atoms with E-state index in [9.17, 15) is 14.4 Å². The fraction of sp³-hybridized carbons (Fsp3) is 0.800. The summed E-state index contributed by atoms with van der Waals surface area (Å²) < 4.78 is 24.2. The molecule has 10 atom stereocenters. The molecule has 2 amide bonds. The van der Waals surface area contributed by atoms with Crippen molar-refractivity contribution in [3.05, 3.63) is 23.8 Å². The van der Waals surface area contributed by atoms with Crippen LogP contribution in [0.4, 0.5) is 0 Å². The predicted molar refractivity (Wildman–Crippen MR) is 171 cm³/mol. The summed E-state index contributed by atoms with van der Waals surface area (Å²) >= 11 is 0. The first kappa shape index (κ1) is 36.2. The van der Waals surface area contributed by atoms with E-state index < -0.39 is 6.10 Å². The lowest BCUT2D eigenvalue weighted by molar-refractivity contribution is -0.150. The van der Waals surface area contributed by atoms with Gasteiger partial charge in [-0.2, -0.15) is 0 Å². The monoisotopic (exact) mass is 618 g/mol. The number of epoxide rings is 1. The van der Waals surface area contributed by atoms with E-state index in [4.69, 9.17) is 18.9 Å². The van der Waals surface area contributed by atoms with Crippen molar-refractivity contribution < 1.29 is 33.3 Å². The first-order valence-corrected chi connectivity index (χ1v) is 16.8. The molecule has 3 rings (SSSR count). The van der Waals surface area contributed by atoms with E-state index in [1.807, 2.05) is 6.92 Å². The molecule has 0 aromatic carbocycles. The number of rotatable bonds is 14. The van der Waals surface area contributed by atoms with Crippen molar-refractivity contribution >= 4 is 17.8 Å². The highest BCUT2D eigenvalue weighted by Crippen LogP contribution is 2.49. The van der Waals surface area contributed by atoms with Crippen LogP contribution in [0.2, 0.25) is 0 Å². The van der Waals surface area contributed by atoms with Gasteiger partial charge in [-0.05, 0) is 64.4 Å². The number of nitrogens with one attached hydrogen (secondary N) is 2. The van der Waals surface area contributed by atoms with Crippen molar-refractivity contribution in [2.75, 3.05) is 13.2 Å². The van der Waals surface area contributed by atoms with E-state index in [0.717, 1.165) is 38.7 Å². The van der Waals surface area contributed by atoms with Crippen molar-refractivity contribution in [1.29, 1.82) is 0 Å². The Morgan fingerprint density at radius 3 is 2.43 bits per heavy atom. The lowest BCUT2D eigenvalue weighted by Gasteiger charge is -2.42. The van der Waals surface area contributed by atoms with Crippen LogP contribution in [0, 0.1) is 23.7 Å². The van der Waals surface area contributed by atoms with E-state index in [0.29, 0.717) is 13.0 Å². The number of carbonyl (C=O) groups is 3. The van der Waals surface area contributed by atoms with Crippen LogP contribution in [-0.4, -0.2) is 73.1 Å². The third-order valence-electron chi connectivity index (χ3n) is 9.49. The third kappa shape index (κ3) is 10.4. The van der Waals surface area contributed by atoms with Crippen LogP contribution in [0.3, 0.4) is 0 Å². The Bertz CT molecular complexity index is 1040. The minimum Gasteiger partial charge on any atom is -0.458 e. The molecule has 3 heterocycles. The number of amides is 2. The summed E-state index contributed by atoms with van der Waals surface area (Å²) in [7, 11) is 0. The summed E-state index contributed by atoms with van der Waals surface area (Å²) in [6, 6.07) is -0.0871. The SMILES string of the molecule is CCCNC(=O)C[C@@H]1C[C@@]2(CO2)C(C)[C@@H](C(C)C/C(C)=C/C[C@@H]2O[C@H](C)[C@H](NC(=O)/C=C\[C@H](C)OC(=O)C(C)C)C[C@@H]2C)O1. The maximum atomic E-state index is 12.6. The van der Waals surface area contributed by atoms with Gasteiger partial charge in [0.2, 0.25) is 11.8 Å². The number of hydrogen-bond donors (Lipinski definition) is 2. The number of esters is 1. The molecule has 9 nitrogen and oxygen atoms in total. The van der Waals surface area contributed by atoms with Gasteiger partial charge in [0.1, 0.15) is 6.10 Å². The summed E-state index contributed by atoms with van der Waals surface area (Å²) in [5, 5.41) is 6.04. The van der Waals surface area contributed by atoms with Crippen molar-refractivity contribution in [3.8, 4) is 0 Å². The first-order valence-electron chi connectivity index (χ1n) is 16.8. The molecule has 250 valence electrons. The van der Waals surface area contributed by atoms with Crippen LogP contribution in [0.1, 0.15) is 101 Å². The summed E-state index contributed by atoms with van der Waals surface area (Å²) in [6.07, 6.45) is 9.39. The molecule has 0 aromatic heterocycles. The summed E-state index contributed by atoms with van der Waals surface area (Å²) in [6.45, 7) is 19.6. The van der Waals surface area contributed by atoms with Gasteiger partial charge in [0.25, 0.3) is 0 Å². The lowest BCUT2D eigenvalue weighted by Crippen LogP contribution is -2.50. The fourth-order valence-corrected chi connectivity index (χ4v) is 6.57. The largest absolute Gasteiger partial charge is 0.458 e. The van der Waals surface area contributed by atoms with Gasteiger partial charge in [0.15, 0.2) is 0 Å². The molecule has 0 aromatic rings. The Kier molecular flexibility index (Phi) is 13.5. The molecule has 0 bridgehead atoms. The molecule has 3 aliphatic rings. The van der Waals surface area contributed by atoms with Crippen molar-refractivity contribution in [1.82, 2.24) is 10.6 Å². The highest BCUT2D eigenvalue weighted by Gasteiger charge is 2.57. The second-order valence-electron chi connectivity index (χ2n) is 14.0. The van der Waals surface area contributed by atoms with Gasteiger partial charge in [-0.1, -0.05) is 53.2 Å².